The van der Waals surface area contributed by atoms with E-state index in [-0.39, 0.29) is 5.75 Å². The van der Waals surface area contributed by atoms with E-state index in [0.717, 1.165) is 31.5 Å². The van der Waals surface area contributed by atoms with Gasteiger partial charge in [-0.3, -0.25) is 4.90 Å². The van der Waals surface area contributed by atoms with Crippen LogP contribution in [0.15, 0.2) is 23.6 Å². The van der Waals surface area contributed by atoms with Crippen LogP contribution in [-0.4, -0.2) is 23.7 Å². The topological polar surface area (TPSA) is 32.7 Å². The van der Waals surface area contributed by atoms with Crippen molar-refractivity contribution >= 4 is 11.3 Å². The molecule has 0 aliphatic carbocycles. The summed E-state index contributed by atoms with van der Waals surface area (Å²) in [6.45, 7) is 1.96. The van der Waals surface area contributed by atoms with Crippen LogP contribution in [0, 0.1) is 0 Å². The molecule has 1 unspecified atom stereocenters. The van der Waals surface area contributed by atoms with E-state index in [9.17, 15) is 5.11 Å². The van der Waals surface area contributed by atoms with Crippen LogP contribution in [0.5, 0.6) is 11.5 Å². The highest BCUT2D eigenvalue weighted by atomic mass is 32.1. The van der Waals surface area contributed by atoms with Crippen LogP contribution in [0.2, 0.25) is 0 Å². The number of nitrogens with zero attached hydrogens (tertiary/aromatic N) is 1. The Morgan fingerprint density at radius 1 is 1.35 bits per heavy atom. The number of phenolic OH excluding ortho intramolecular Hbond substituents is 1. The molecule has 4 rings (SSSR count). The molecule has 20 heavy (non-hydrogen) atoms. The second-order valence-electron chi connectivity index (χ2n) is 5.50. The highest BCUT2D eigenvalue weighted by molar-refractivity contribution is 7.10. The minimum atomic E-state index is 0.248. The molecule has 1 aromatic carbocycles. The van der Waals surface area contributed by atoms with Crippen molar-refractivity contribution in [2.75, 3.05) is 13.7 Å². The summed E-state index contributed by atoms with van der Waals surface area (Å²) in [5.41, 5.74) is 3.96. The summed E-state index contributed by atoms with van der Waals surface area (Å²) in [6, 6.07) is 6.57. The Morgan fingerprint density at radius 3 is 3.10 bits per heavy atom. The number of hydrogen-bond donors (Lipinski definition) is 1. The van der Waals surface area contributed by atoms with Gasteiger partial charge in [-0.2, -0.15) is 0 Å². The normalized spacial score (nSPS) is 20.9. The lowest BCUT2D eigenvalue weighted by Gasteiger charge is -2.40. The van der Waals surface area contributed by atoms with E-state index < -0.39 is 0 Å². The number of ether oxygens (including phenoxy) is 1. The minimum Gasteiger partial charge on any atom is -0.504 e. The molecular formula is C16H17NO2S. The molecule has 3 nitrogen and oxygen atoms in total. The van der Waals surface area contributed by atoms with Crippen molar-refractivity contribution in [1.82, 2.24) is 4.90 Å². The number of hydrogen-bond acceptors (Lipinski definition) is 4. The van der Waals surface area contributed by atoms with Gasteiger partial charge in [0.2, 0.25) is 0 Å². The lowest BCUT2D eigenvalue weighted by molar-refractivity contribution is 0.159. The average molecular weight is 287 g/mol. The molecule has 4 heteroatoms. The molecule has 0 amide bonds. The van der Waals surface area contributed by atoms with Crippen molar-refractivity contribution in [3.8, 4) is 11.5 Å². The van der Waals surface area contributed by atoms with Gasteiger partial charge < -0.3 is 9.84 Å². The average Bonchev–Trinajstić information content (AvgIpc) is 2.94. The van der Waals surface area contributed by atoms with Gasteiger partial charge in [-0.05, 0) is 41.5 Å². The molecule has 1 atom stereocenters. The van der Waals surface area contributed by atoms with Crippen LogP contribution in [0.3, 0.4) is 0 Å². The SMILES string of the molecule is COc1c(O)ccc2c1CN1CCc3sccc3C1C2. The molecule has 1 aromatic heterocycles. The maximum absolute atomic E-state index is 9.95. The van der Waals surface area contributed by atoms with E-state index in [1.807, 2.05) is 17.4 Å². The Hall–Kier alpha value is -1.52. The van der Waals surface area contributed by atoms with E-state index >= 15 is 0 Å². The van der Waals surface area contributed by atoms with Crippen molar-refractivity contribution in [2.24, 2.45) is 0 Å². The molecule has 0 radical (unpaired) electrons. The Bertz CT molecular complexity index is 664. The van der Waals surface area contributed by atoms with E-state index in [4.69, 9.17) is 4.74 Å². The molecule has 2 aliphatic rings. The zero-order valence-electron chi connectivity index (χ0n) is 11.4. The first-order valence-electron chi connectivity index (χ1n) is 6.96. The summed E-state index contributed by atoms with van der Waals surface area (Å²) >= 11 is 1.88. The summed E-state index contributed by atoms with van der Waals surface area (Å²) in [5.74, 6) is 0.898. The van der Waals surface area contributed by atoms with Crippen molar-refractivity contribution in [3.05, 3.63) is 45.1 Å². The number of aromatic hydroxyl groups is 1. The monoisotopic (exact) mass is 287 g/mol. The maximum Gasteiger partial charge on any atom is 0.165 e. The second-order valence-corrected chi connectivity index (χ2v) is 6.50. The van der Waals surface area contributed by atoms with Gasteiger partial charge in [0.15, 0.2) is 11.5 Å². The van der Waals surface area contributed by atoms with Gasteiger partial charge in [0.25, 0.3) is 0 Å². The van der Waals surface area contributed by atoms with Crippen molar-refractivity contribution in [1.29, 1.82) is 0 Å². The fourth-order valence-corrected chi connectivity index (χ4v) is 4.46. The first-order chi connectivity index (χ1) is 9.78. The quantitative estimate of drug-likeness (QED) is 0.874. The lowest BCUT2D eigenvalue weighted by Crippen LogP contribution is -2.38. The Balaban J connectivity index is 1.79. The predicted molar refractivity (Wildman–Crippen MR) is 79.5 cm³/mol. The molecule has 1 N–H and O–H groups in total. The molecule has 3 heterocycles. The standard InChI is InChI=1S/C16H17NO2S/c1-19-16-12-9-17-6-4-15-11(5-7-20-15)13(17)8-10(12)2-3-14(16)18/h2-3,5,7,13,18H,4,6,8-9H2,1H3. The number of phenols is 1. The van der Waals surface area contributed by atoms with E-state index in [0.29, 0.717) is 11.8 Å². The smallest absolute Gasteiger partial charge is 0.165 e. The number of thiophene rings is 1. The molecular weight excluding hydrogens is 270 g/mol. The molecule has 0 saturated carbocycles. The van der Waals surface area contributed by atoms with Crippen LogP contribution in [0.4, 0.5) is 0 Å². The summed E-state index contributed by atoms with van der Waals surface area (Å²) < 4.78 is 5.40. The van der Waals surface area contributed by atoms with Gasteiger partial charge in [0, 0.05) is 29.6 Å². The van der Waals surface area contributed by atoms with Crippen LogP contribution in [0.25, 0.3) is 0 Å². The van der Waals surface area contributed by atoms with Gasteiger partial charge in [0.1, 0.15) is 0 Å². The molecule has 2 aromatic rings. The number of benzene rings is 1. The van der Waals surface area contributed by atoms with Crippen molar-refractivity contribution in [3.63, 3.8) is 0 Å². The zero-order valence-corrected chi connectivity index (χ0v) is 12.2. The second kappa shape index (κ2) is 4.50. The molecule has 0 saturated heterocycles. The highest BCUT2D eigenvalue weighted by Crippen LogP contribution is 2.44. The van der Waals surface area contributed by atoms with Gasteiger partial charge in [0.05, 0.1) is 7.11 Å². The van der Waals surface area contributed by atoms with Crippen molar-refractivity contribution in [2.45, 2.75) is 25.4 Å². The summed E-state index contributed by atoms with van der Waals surface area (Å²) in [6.07, 6.45) is 2.15. The van der Waals surface area contributed by atoms with Gasteiger partial charge in [-0.15, -0.1) is 11.3 Å². The number of rotatable bonds is 1. The third kappa shape index (κ3) is 1.68. The van der Waals surface area contributed by atoms with Crippen molar-refractivity contribution < 1.29 is 9.84 Å². The summed E-state index contributed by atoms with van der Waals surface area (Å²) in [7, 11) is 1.63. The van der Waals surface area contributed by atoms with Crippen LogP contribution >= 0.6 is 11.3 Å². The van der Waals surface area contributed by atoms with Crippen LogP contribution < -0.4 is 4.74 Å². The molecule has 2 aliphatic heterocycles. The van der Waals surface area contributed by atoms with Crippen LogP contribution in [0.1, 0.15) is 27.6 Å². The number of methoxy groups -OCH3 is 1. The number of fused-ring (bicyclic) bond motifs is 4. The minimum absolute atomic E-state index is 0.248. The molecule has 0 spiro atoms. The Kier molecular flexibility index (Phi) is 2.75. The molecule has 0 bridgehead atoms. The fourth-order valence-electron chi connectivity index (χ4n) is 3.54. The summed E-state index contributed by atoms with van der Waals surface area (Å²) in [4.78, 5) is 4.06. The van der Waals surface area contributed by atoms with E-state index in [2.05, 4.69) is 16.3 Å². The van der Waals surface area contributed by atoms with Gasteiger partial charge >= 0.3 is 0 Å². The largest absolute Gasteiger partial charge is 0.504 e. The first-order valence-corrected chi connectivity index (χ1v) is 7.84. The maximum atomic E-state index is 9.95. The predicted octanol–water partition coefficient (Wildman–Crippen LogP) is 3.12. The lowest BCUT2D eigenvalue weighted by atomic mass is 9.87. The van der Waals surface area contributed by atoms with Gasteiger partial charge in [-0.1, -0.05) is 6.07 Å². The van der Waals surface area contributed by atoms with Crippen LogP contribution in [-0.2, 0) is 19.4 Å². The third-order valence-electron chi connectivity index (χ3n) is 4.52. The zero-order chi connectivity index (χ0) is 13.7. The fraction of sp³-hybridized carbons (Fsp3) is 0.375. The Morgan fingerprint density at radius 2 is 2.25 bits per heavy atom. The molecule has 0 fully saturated rings. The van der Waals surface area contributed by atoms with Gasteiger partial charge in [-0.25, -0.2) is 0 Å². The third-order valence-corrected chi connectivity index (χ3v) is 5.52. The Labute approximate surface area is 122 Å². The molecule has 104 valence electrons. The van der Waals surface area contributed by atoms with E-state index in [1.165, 1.54) is 11.1 Å². The first kappa shape index (κ1) is 12.2. The summed E-state index contributed by atoms with van der Waals surface area (Å²) in [5, 5.41) is 12.2. The van der Waals surface area contributed by atoms with E-state index in [1.54, 1.807) is 18.1 Å². The highest BCUT2D eigenvalue weighted by Gasteiger charge is 2.34.